The highest BCUT2D eigenvalue weighted by Crippen LogP contribution is 2.30. The summed E-state index contributed by atoms with van der Waals surface area (Å²) in [5.74, 6) is 1.27. The van der Waals surface area contributed by atoms with Crippen molar-refractivity contribution in [2.75, 3.05) is 19.7 Å². The van der Waals surface area contributed by atoms with Gasteiger partial charge in [0, 0.05) is 30.6 Å². The first-order valence-corrected chi connectivity index (χ1v) is 9.52. The molecule has 3 heteroatoms. The van der Waals surface area contributed by atoms with Crippen LogP contribution >= 0.6 is 0 Å². The lowest BCUT2D eigenvalue weighted by Gasteiger charge is -2.19. The summed E-state index contributed by atoms with van der Waals surface area (Å²) in [5.41, 5.74) is 4.96. The number of hydrogen-bond donors (Lipinski definition) is 0. The van der Waals surface area contributed by atoms with Crippen molar-refractivity contribution in [3.63, 3.8) is 0 Å². The Labute approximate surface area is 155 Å². The Balaban J connectivity index is 1.58. The molecule has 0 atom stereocenters. The van der Waals surface area contributed by atoms with Crippen LogP contribution in [-0.4, -0.2) is 29.6 Å². The molecule has 1 aliphatic heterocycles. The molecule has 0 bridgehead atoms. The summed E-state index contributed by atoms with van der Waals surface area (Å²) in [7, 11) is 0. The number of fused-ring (bicyclic) bond motifs is 2. The van der Waals surface area contributed by atoms with Gasteiger partial charge in [0.2, 0.25) is 5.88 Å². The highest BCUT2D eigenvalue weighted by Gasteiger charge is 2.18. The molecule has 2 aromatic carbocycles. The second kappa shape index (κ2) is 7.46. The van der Waals surface area contributed by atoms with Crippen molar-refractivity contribution in [2.24, 2.45) is 0 Å². The Bertz CT molecular complexity index is 889. The fourth-order valence-electron chi connectivity index (χ4n) is 3.67. The maximum Gasteiger partial charge on any atom is 0.218 e. The Morgan fingerprint density at radius 2 is 1.92 bits per heavy atom. The van der Waals surface area contributed by atoms with E-state index < -0.39 is 0 Å². The topological polar surface area (TPSA) is 25.4 Å². The first-order chi connectivity index (χ1) is 12.7. The quantitative estimate of drug-likeness (QED) is 0.679. The molecule has 3 aromatic rings. The highest BCUT2D eigenvalue weighted by atomic mass is 16.5. The van der Waals surface area contributed by atoms with E-state index >= 15 is 0 Å². The van der Waals surface area contributed by atoms with Crippen LogP contribution in [0.15, 0.2) is 54.6 Å². The predicted molar refractivity (Wildman–Crippen MR) is 107 cm³/mol. The Morgan fingerprint density at radius 3 is 2.73 bits per heavy atom. The number of para-hydroxylation sites is 1. The van der Waals surface area contributed by atoms with Crippen LogP contribution in [0.1, 0.15) is 36.5 Å². The van der Waals surface area contributed by atoms with E-state index in [9.17, 15) is 0 Å². The van der Waals surface area contributed by atoms with Crippen LogP contribution in [0.25, 0.3) is 10.9 Å². The molecule has 0 fully saturated rings. The predicted octanol–water partition coefficient (Wildman–Crippen LogP) is 4.80. The van der Waals surface area contributed by atoms with Crippen LogP contribution < -0.4 is 4.74 Å². The molecule has 1 aliphatic rings. The van der Waals surface area contributed by atoms with Gasteiger partial charge in [-0.1, -0.05) is 62.4 Å². The molecule has 0 aliphatic carbocycles. The van der Waals surface area contributed by atoms with Gasteiger partial charge in [-0.25, -0.2) is 4.98 Å². The van der Waals surface area contributed by atoms with E-state index in [1.54, 1.807) is 0 Å². The molecule has 0 spiro atoms. The normalized spacial score (nSPS) is 14.9. The van der Waals surface area contributed by atoms with Crippen LogP contribution in [0.3, 0.4) is 0 Å². The van der Waals surface area contributed by atoms with Crippen molar-refractivity contribution >= 4 is 10.9 Å². The molecule has 0 N–H and O–H groups in total. The third-order valence-electron chi connectivity index (χ3n) is 5.14. The lowest BCUT2D eigenvalue weighted by atomic mass is 9.99. The zero-order chi connectivity index (χ0) is 17.9. The molecule has 1 aromatic heterocycles. The average Bonchev–Trinajstić information content (AvgIpc) is 2.86. The number of hydrogen-bond acceptors (Lipinski definition) is 3. The van der Waals surface area contributed by atoms with E-state index in [0.717, 1.165) is 37.5 Å². The van der Waals surface area contributed by atoms with Crippen molar-refractivity contribution in [3.05, 3.63) is 71.3 Å². The van der Waals surface area contributed by atoms with Gasteiger partial charge in [-0.15, -0.1) is 0 Å². The second-order valence-corrected chi connectivity index (χ2v) is 7.39. The minimum Gasteiger partial charge on any atom is -0.476 e. The number of aromatic nitrogens is 1. The lowest BCUT2D eigenvalue weighted by Crippen LogP contribution is -2.27. The van der Waals surface area contributed by atoms with Gasteiger partial charge < -0.3 is 4.74 Å². The van der Waals surface area contributed by atoms with Gasteiger partial charge in [-0.05, 0) is 29.5 Å². The number of ether oxygens (including phenoxy) is 1. The van der Waals surface area contributed by atoms with E-state index in [1.807, 2.05) is 0 Å². The zero-order valence-electron chi connectivity index (χ0n) is 15.6. The standard InChI is InChI=1S/C23H26N2O/c1-17(2)21-10-6-9-19-15-20-16-25(12-11-18-7-4-3-5-8-18)13-14-26-23(20)24-22(19)21/h3-10,15,17H,11-14,16H2,1-2H3. The molecule has 134 valence electrons. The first-order valence-electron chi connectivity index (χ1n) is 9.52. The van der Waals surface area contributed by atoms with Gasteiger partial charge in [-0.2, -0.15) is 0 Å². The van der Waals surface area contributed by atoms with E-state index in [2.05, 4.69) is 73.3 Å². The van der Waals surface area contributed by atoms with Gasteiger partial charge in [0.25, 0.3) is 0 Å². The maximum atomic E-state index is 6.02. The second-order valence-electron chi connectivity index (χ2n) is 7.39. The summed E-state index contributed by atoms with van der Waals surface area (Å²) < 4.78 is 6.02. The molecule has 3 nitrogen and oxygen atoms in total. The third kappa shape index (κ3) is 3.58. The van der Waals surface area contributed by atoms with Crippen LogP contribution in [0.5, 0.6) is 5.88 Å². The van der Waals surface area contributed by atoms with Gasteiger partial charge >= 0.3 is 0 Å². The number of benzene rings is 2. The smallest absolute Gasteiger partial charge is 0.218 e. The van der Waals surface area contributed by atoms with Crippen molar-refractivity contribution in [1.29, 1.82) is 0 Å². The molecule has 26 heavy (non-hydrogen) atoms. The van der Waals surface area contributed by atoms with Crippen molar-refractivity contribution < 1.29 is 4.74 Å². The molecule has 0 saturated carbocycles. The molecule has 0 amide bonds. The highest BCUT2D eigenvalue weighted by molar-refractivity contribution is 5.83. The first kappa shape index (κ1) is 17.0. The fraction of sp³-hybridized carbons (Fsp3) is 0.348. The summed E-state index contributed by atoms with van der Waals surface area (Å²) in [6, 6.07) is 19.4. The summed E-state index contributed by atoms with van der Waals surface area (Å²) in [6.45, 7) is 8.01. The third-order valence-corrected chi connectivity index (χ3v) is 5.14. The molecule has 0 unspecified atom stereocenters. The van der Waals surface area contributed by atoms with E-state index in [1.165, 1.54) is 22.1 Å². The summed E-state index contributed by atoms with van der Waals surface area (Å²) >= 11 is 0. The van der Waals surface area contributed by atoms with Crippen LogP contribution in [0, 0.1) is 0 Å². The Hall–Kier alpha value is -2.39. The summed E-state index contributed by atoms with van der Waals surface area (Å²) in [4.78, 5) is 7.37. The molecule has 4 rings (SSSR count). The zero-order valence-corrected chi connectivity index (χ0v) is 15.6. The van der Waals surface area contributed by atoms with Crippen molar-refractivity contribution in [3.8, 4) is 5.88 Å². The van der Waals surface area contributed by atoms with E-state index in [-0.39, 0.29) is 0 Å². The van der Waals surface area contributed by atoms with Gasteiger partial charge in [0.1, 0.15) is 6.61 Å². The molecule has 0 radical (unpaired) electrons. The SMILES string of the molecule is CC(C)c1cccc2cc3c(nc12)OCCN(CCc1ccccc1)C3. The monoisotopic (exact) mass is 346 g/mol. The number of rotatable bonds is 4. The van der Waals surface area contributed by atoms with Gasteiger partial charge in [0.05, 0.1) is 5.52 Å². The maximum absolute atomic E-state index is 6.02. The van der Waals surface area contributed by atoms with E-state index in [4.69, 9.17) is 9.72 Å². The Morgan fingerprint density at radius 1 is 1.08 bits per heavy atom. The molecule has 2 heterocycles. The lowest BCUT2D eigenvalue weighted by molar-refractivity contribution is 0.225. The minimum atomic E-state index is 0.456. The number of nitrogens with zero attached hydrogens (tertiary/aromatic N) is 2. The van der Waals surface area contributed by atoms with Crippen molar-refractivity contribution in [2.45, 2.75) is 32.7 Å². The molecule has 0 saturated heterocycles. The summed E-state index contributed by atoms with van der Waals surface area (Å²) in [5, 5.41) is 1.21. The molecular weight excluding hydrogens is 320 g/mol. The van der Waals surface area contributed by atoms with Gasteiger partial charge in [0.15, 0.2) is 0 Å². The summed E-state index contributed by atoms with van der Waals surface area (Å²) in [6.07, 6.45) is 1.06. The van der Waals surface area contributed by atoms with E-state index in [0.29, 0.717) is 12.5 Å². The van der Waals surface area contributed by atoms with Gasteiger partial charge in [-0.3, -0.25) is 4.90 Å². The molecular formula is C23H26N2O. The average molecular weight is 346 g/mol. The Kier molecular flexibility index (Phi) is 4.89. The fourth-order valence-corrected chi connectivity index (χ4v) is 3.67. The van der Waals surface area contributed by atoms with Crippen LogP contribution in [0.4, 0.5) is 0 Å². The number of pyridine rings is 1. The van der Waals surface area contributed by atoms with Crippen molar-refractivity contribution in [1.82, 2.24) is 9.88 Å². The minimum absolute atomic E-state index is 0.456. The van der Waals surface area contributed by atoms with Crippen LogP contribution in [0.2, 0.25) is 0 Å². The largest absolute Gasteiger partial charge is 0.476 e. The van der Waals surface area contributed by atoms with Crippen LogP contribution in [-0.2, 0) is 13.0 Å².